The van der Waals surface area contributed by atoms with Crippen LogP contribution in [0.2, 0.25) is 0 Å². The standard InChI is InChI=1S/C12H16/c1-2-10-6-9(1)11-5-8-3-4-12(10,11)7-8/h5,8-10H,1-4,6-7H2. The monoisotopic (exact) mass is 160 g/mol. The molecule has 4 atom stereocenters. The SMILES string of the molecule is C1=C2C3CCC(C3)C23CCC1C3. The van der Waals surface area contributed by atoms with E-state index in [1.807, 2.05) is 5.57 Å². The van der Waals surface area contributed by atoms with E-state index in [2.05, 4.69) is 6.08 Å². The molecule has 0 N–H and O–H groups in total. The minimum absolute atomic E-state index is 0.799. The molecule has 0 aliphatic heterocycles. The molecule has 4 aliphatic rings. The molecule has 0 saturated heterocycles. The quantitative estimate of drug-likeness (QED) is 0.477. The van der Waals surface area contributed by atoms with Crippen molar-refractivity contribution in [1.29, 1.82) is 0 Å². The van der Waals surface area contributed by atoms with Gasteiger partial charge in [-0.2, -0.15) is 0 Å². The van der Waals surface area contributed by atoms with Crippen LogP contribution in [0.1, 0.15) is 38.5 Å². The molecule has 4 rings (SSSR count). The van der Waals surface area contributed by atoms with Crippen molar-refractivity contribution in [3.05, 3.63) is 11.6 Å². The number of allylic oxidation sites excluding steroid dienone is 2. The van der Waals surface area contributed by atoms with E-state index in [9.17, 15) is 0 Å². The van der Waals surface area contributed by atoms with Gasteiger partial charge in [0.15, 0.2) is 0 Å². The van der Waals surface area contributed by atoms with Crippen LogP contribution in [0, 0.1) is 23.2 Å². The van der Waals surface area contributed by atoms with Crippen LogP contribution >= 0.6 is 0 Å². The first-order valence-electron chi connectivity index (χ1n) is 5.61. The molecule has 4 aliphatic carbocycles. The predicted molar refractivity (Wildman–Crippen MR) is 48.7 cm³/mol. The van der Waals surface area contributed by atoms with E-state index in [1.165, 1.54) is 12.8 Å². The summed E-state index contributed by atoms with van der Waals surface area (Å²) in [5, 5.41) is 0. The summed E-state index contributed by atoms with van der Waals surface area (Å²) in [4.78, 5) is 0. The zero-order chi connectivity index (χ0) is 7.76. The molecule has 0 aromatic heterocycles. The average molecular weight is 160 g/mol. The Morgan fingerprint density at radius 1 is 1.25 bits per heavy atom. The first kappa shape index (κ1) is 6.23. The lowest BCUT2D eigenvalue weighted by Gasteiger charge is -2.34. The number of hydrogen-bond acceptors (Lipinski definition) is 0. The van der Waals surface area contributed by atoms with Crippen LogP contribution in [-0.4, -0.2) is 0 Å². The predicted octanol–water partition coefficient (Wildman–Crippen LogP) is 3.14. The van der Waals surface area contributed by atoms with E-state index in [0.717, 1.165) is 23.2 Å². The van der Waals surface area contributed by atoms with Crippen molar-refractivity contribution < 1.29 is 0 Å². The van der Waals surface area contributed by atoms with E-state index in [0.29, 0.717) is 0 Å². The van der Waals surface area contributed by atoms with Crippen molar-refractivity contribution >= 4 is 0 Å². The highest BCUT2D eigenvalue weighted by Gasteiger charge is 2.59. The van der Waals surface area contributed by atoms with Crippen LogP contribution in [0.25, 0.3) is 0 Å². The Morgan fingerprint density at radius 2 is 2.25 bits per heavy atom. The zero-order valence-electron chi connectivity index (χ0n) is 7.55. The lowest BCUT2D eigenvalue weighted by atomic mass is 9.70. The number of rotatable bonds is 0. The van der Waals surface area contributed by atoms with Crippen molar-refractivity contribution in [3.8, 4) is 0 Å². The van der Waals surface area contributed by atoms with Crippen molar-refractivity contribution in [2.45, 2.75) is 38.5 Å². The Labute approximate surface area is 74.0 Å². The molecule has 0 heteroatoms. The van der Waals surface area contributed by atoms with Crippen molar-refractivity contribution in [3.63, 3.8) is 0 Å². The molecule has 1 spiro atoms. The molecular formula is C12H16. The number of hydrogen-bond donors (Lipinski definition) is 0. The second-order valence-electron chi connectivity index (χ2n) is 5.49. The Balaban J connectivity index is 1.93. The summed E-state index contributed by atoms with van der Waals surface area (Å²) >= 11 is 0. The highest BCUT2D eigenvalue weighted by Crippen LogP contribution is 2.70. The third-order valence-electron chi connectivity index (χ3n) is 5.23. The summed E-state index contributed by atoms with van der Waals surface area (Å²) in [5.41, 5.74) is 2.74. The highest BCUT2D eigenvalue weighted by molar-refractivity contribution is 5.36. The Bertz CT molecular complexity index is 276. The van der Waals surface area contributed by atoms with Crippen LogP contribution in [-0.2, 0) is 0 Å². The maximum absolute atomic E-state index is 2.67. The third-order valence-corrected chi connectivity index (χ3v) is 5.23. The fourth-order valence-electron chi connectivity index (χ4n) is 4.85. The maximum Gasteiger partial charge on any atom is -0.00510 e. The van der Waals surface area contributed by atoms with Crippen LogP contribution in [0.5, 0.6) is 0 Å². The lowest BCUT2D eigenvalue weighted by Crippen LogP contribution is -2.25. The summed E-state index contributed by atoms with van der Waals surface area (Å²) in [5.74, 6) is 3.20. The molecule has 0 nitrogen and oxygen atoms in total. The smallest absolute Gasteiger partial charge is 0.00510 e. The van der Waals surface area contributed by atoms with Gasteiger partial charge >= 0.3 is 0 Å². The average Bonchev–Trinajstić information content (AvgIpc) is 2.81. The highest BCUT2D eigenvalue weighted by atomic mass is 14.6. The summed E-state index contributed by atoms with van der Waals surface area (Å²) < 4.78 is 0. The van der Waals surface area contributed by atoms with Gasteiger partial charge in [0.05, 0.1) is 0 Å². The zero-order valence-corrected chi connectivity index (χ0v) is 7.55. The van der Waals surface area contributed by atoms with Gasteiger partial charge in [-0.1, -0.05) is 11.6 Å². The molecule has 64 valence electrons. The molecule has 3 fully saturated rings. The molecule has 0 heterocycles. The van der Waals surface area contributed by atoms with Gasteiger partial charge in [-0.3, -0.25) is 0 Å². The van der Waals surface area contributed by atoms with Gasteiger partial charge < -0.3 is 0 Å². The molecule has 0 amide bonds. The van der Waals surface area contributed by atoms with Crippen LogP contribution in [0.15, 0.2) is 11.6 Å². The second kappa shape index (κ2) is 1.66. The maximum atomic E-state index is 2.67. The van der Waals surface area contributed by atoms with E-state index < -0.39 is 0 Å². The molecule has 4 unspecified atom stereocenters. The van der Waals surface area contributed by atoms with Gasteiger partial charge in [-0.05, 0) is 61.7 Å². The molecule has 4 bridgehead atoms. The van der Waals surface area contributed by atoms with Crippen LogP contribution in [0.3, 0.4) is 0 Å². The molecule has 0 aromatic rings. The van der Waals surface area contributed by atoms with Crippen molar-refractivity contribution in [1.82, 2.24) is 0 Å². The van der Waals surface area contributed by atoms with E-state index in [-0.39, 0.29) is 0 Å². The third kappa shape index (κ3) is 0.471. The first-order valence-corrected chi connectivity index (χ1v) is 5.61. The molecule has 0 aromatic carbocycles. The minimum atomic E-state index is 0.799. The fourth-order valence-corrected chi connectivity index (χ4v) is 4.85. The molecule has 3 saturated carbocycles. The Hall–Kier alpha value is -0.260. The molecule has 12 heavy (non-hydrogen) atoms. The van der Waals surface area contributed by atoms with E-state index >= 15 is 0 Å². The van der Waals surface area contributed by atoms with Crippen LogP contribution in [0.4, 0.5) is 0 Å². The topological polar surface area (TPSA) is 0 Å². The van der Waals surface area contributed by atoms with Crippen LogP contribution < -0.4 is 0 Å². The Morgan fingerprint density at radius 3 is 3.08 bits per heavy atom. The van der Waals surface area contributed by atoms with Crippen molar-refractivity contribution in [2.24, 2.45) is 23.2 Å². The fraction of sp³-hybridized carbons (Fsp3) is 0.833. The van der Waals surface area contributed by atoms with Crippen molar-refractivity contribution in [2.75, 3.05) is 0 Å². The van der Waals surface area contributed by atoms with Gasteiger partial charge in [0.1, 0.15) is 0 Å². The number of fused-ring (bicyclic) bond motifs is 4. The first-order chi connectivity index (χ1) is 5.88. The normalized spacial score (nSPS) is 59.3. The summed E-state index contributed by atoms with van der Waals surface area (Å²) in [6, 6.07) is 0. The van der Waals surface area contributed by atoms with Gasteiger partial charge in [-0.25, -0.2) is 0 Å². The summed E-state index contributed by atoms with van der Waals surface area (Å²) in [6.07, 6.45) is 12.0. The summed E-state index contributed by atoms with van der Waals surface area (Å²) in [7, 11) is 0. The van der Waals surface area contributed by atoms with Gasteiger partial charge in [0.2, 0.25) is 0 Å². The summed E-state index contributed by atoms with van der Waals surface area (Å²) in [6.45, 7) is 0. The minimum Gasteiger partial charge on any atom is -0.0813 e. The lowest BCUT2D eigenvalue weighted by molar-refractivity contribution is 0.243. The Kier molecular flexibility index (Phi) is 0.865. The largest absolute Gasteiger partial charge is 0.0813 e. The molecular weight excluding hydrogens is 144 g/mol. The van der Waals surface area contributed by atoms with Gasteiger partial charge in [-0.15, -0.1) is 0 Å². The molecule has 0 radical (unpaired) electrons. The van der Waals surface area contributed by atoms with Gasteiger partial charge in [0.25, 0.3) is 0 Å². The second-order valence-corrected chi connectivity index (χ2v) is 5.49. The van der Waals surface area contributed by atoms with Gasteiger partial charge in [0, 0.05) is 0 Å². The van der Waals surface area contributed by atoms with E-state index in [4.69, 9.17) is 0 Å². The van der Waals surface area contributed by atoms with E-state index in [1.54, 1.807) is 25.7 Å².